The van der Waals surface area contributed by atoms with Gasteiger partial charge in [-0.1, -0.05) is 23.7 Å². The molecule has 0 aromatic heterocycles. The number of nitrogens with zero attached hydrogens (tertiary/aromatic N) is 1. The molecule has 1 aliphatic rings. The second-order valence-corrected chi connectivity index (χ2v) is 7.44. The molecular weight excluding hydrogens is 400 g/mol. The number of benzene rings is 2. The van der Waals surface area contributed by atoms with Gasteiger partial charge < -0.3 is 5.32 Å². The third kappa shape index (κ3) is 5.72. The Morgan fingerprint density at radius 1 is 1.14 bits per heavy atom. The summed E-state index contributed by atoms with van der Waals surface area (Å²) in [5.74, 6) is -2.44. The van der Waals surface area contributed by atoms with E-state index in [0.717, 1.165) is 17.7 Å². The molecule has 1 heterocycles. The fraction of sp³-hybridized carbons (Fsp3) is 0.300. The third-order valence-corrected chi connectivity index (χ3v) is 4.53. The number of carbonyl (C=O) groups excluding carboxylic acids is 1. The summed E-state index contributed by atoms with van der Waals surface area (Å²) in [6.45, 7) is 3.80. The Labute approximate surface area is 172 Å². The summed E-state index contributed by atoms with van der Waals surface area (Å²) in [6, 6.07) is 10.5. The maximum atomic E-state index is 13.4. The molecule has 9 heteroatoms. The molecule has 1 fully saturated rings. The number of nitrogens with one attached hydrogen (secondary N) is 4. The Hall–Kier alpha value is -2.55. The van der Waals surface area contributed by atoms with Gasteiger partial charge in [0.25, 0.3) is 5.91 Å². The van der Waals surface area contributed by atoms with Crippen molar-refractivity contribution in [3.05, 3.63) is 70.2 Å². The van der Waals surface area contributed by atoms with E-state index < -0.39 is 17.5 Å². The van der Waals surface area contributed by atoms with Gasteiger partial charge in [0.15, 0.2) is 17.6 Å². The van der Waals surface area contributed by atoms with Crippen LogP contribution in [-0.4, -0.2) is 24.1 Å². The largest absolute Gasteiger partial charge is 0.354 e. The van der Waals surface area contributed by atoms with Crippen molar-refractivity contribution >= 4 is 23.5 Å². The van der Waals surface area contributed by atoms with Gasteiger partial charge in [-0.05, 0) is 49.7 Å². The van der Waals surface area contributed by atoms with Crippen LogP contribution < -0.4 is 21.5 Å². The fourth-order valence-corrected chi connectivity index (χ4v) is 3.02. The predicted octanol–water partition coefficient (Wildman–Crippen LogP) is 3.27. The molecule has 0 saturated carbocycles. The molecule has 29 heavy (non-hydrogen) atoms. The molecule has 4 N–H and O–H groups in total. The molecule has 154 valence electrons. The Bertz CT molecular complexity index is 904. The van der Waals surface area contributed by atoms with Crippen molar-refractivity contribution in [3.8, 4) is 0 Å². The number of guanidine groups is 1. The van der Waals surface area contributed by atoms with Crippen molar-refractivity contribution < 1.29 is 13.6 Å². The third-order valence-electron chi connectivity index (χ3n) is 4.28. The lowest BCUT2D eigenvalue weighted by Crippen LogP contribution is -2.45. The van der Waals surface area contributed by atoms with E-state index in [9.17, 15) is 13.6 Å². The first-order valence-corrected chi connectivity index (χ1v) is 9.57. The van der Waals surface area contributed by atoms with Crippen LogP contribution in [0.25, 0.3) is 0 Å². The van der Waals surface area contributed by atoms with E-state index in [1.807, 2.05) is 38.1 Å². The lowest BCUT2D eigenvalue weighted by molar-refractivity contribution is 0.0975. The van der Waals surface area contributed by atoms with Crippen LogP contribution in [0, 0.1) is 11.6 Å². The highest BCUT2D eigenvalue weighted by Crippen LogP contribution is 2.24. The van der Waals surface area contributed by atoms with Crippen molar-refractivity contribution in [1.29, 1.82) is 0 Å². The maximum Gasteiger partial charge on any atom is 0.258 e. The molecule has 6 nitrogen and oxygen atoms in total. The lowest BCUT2D eigenvalue weighted by Gasteiger charge is -2.16. The Morgan fingerprint density at radius 2 is 1.86 bits per heavy atom. The molecule has 1 aliphatic heterocycles. The highest BCUT2D eigenvalue weighted by atomic mass is 35.5. The summed E-state index contributed by atoms with van der Waals surface area (Å²) >= 11 is 5.93. The maximum absolute atomic E-state index is 13.4. The summed E-state index contributed by atoms with van der Waals surface area (Å²) in [7, 11) is 0. The van der Waals surface area contributed by atoms with Crippen LogP contribution in [0.1, 0.15) is 42.2 Å². The van der Waals surface area contributed by atoms with E-state index in [1.54, 1.807) is 0 Å². The highest BCUT2D eigenvalue weighted by molar-refractivity contribution is 6.30. The van der Waals surface area contributed by atoms with Crippen LogP contribution in [0.2, 0.25) is 5.02 Å². The molecule has 0 spiro atoms. The zero-order valence-electron chi connectivity index (χ0n) is 16.0. The van der Waals surface area contributed by atoms with Gasteiger partial charge in [0.05, 0.1) is 0 Å². The van der Waals surface area contributed by atoms with Crippen LogP contribution in [0.5, 0.6) is 0 Å². The lowest BCUT2D eigenvalue weighted by atomic mass is 10.0. The minimum absolute atomic E-state index is 0.000397. The van der Waals surface area contributed by atoms with Crippen molar-refractivity contribution in [1.82, 2.24) is 21.5 Å². The summed E-state index contributed by atoms with van der Waals surface area (Å²) in [5, 5.41) is 6.35. The van der Waals surface area contributed by atoms with Crippen molar-refractivity contribution in [2.45, 2.75) is 38.5 Å². The summed E-state index contributed by atoms with van der Waals surface area (Å²) in [4.78, 5) is 16.9. The Balaban J connectivity index is 1.70. The van der Waals surface area contributed by atoms with Crippen LogP contribution in [-0.2, 0) is 0 Å². The molecule has 2 aromatic rings. The second kappa shape index (κ2) is 9.30. The van der Waals surface area contributed by atoms with E-state index in [-0.39, 0.29) is 29.8 Å². The number of amides is 1. The number of hydrazine groups is 1. The molecule has 1 saturated heterocycles. The number of hydrogen-bond acceptors (Lipinski definition) is 4. The first kappa shape index (κ1) is 21.2. The Morgan fingerprint density at radius 3 is 2.52 bits per heavy atom. The predicted molar refractivity (Wildman–Crippen MR) is 108 cm³/mol. The van der Waals surface area contributed by atoms with E-state index in [1.165, 1.54) is 6.07 Å². The van der Waals surface area contributed by atoms with Gasteiger partial charge in [0.1, 0.15) is 6.17 Å². The molecule has 0 bridgehead atoms. The average Bonchev–Trinajstić information content (AvgIpc) is 3.12. The van der Waals surface area contributed by atoms with E-state index in [0.29, 0.717) is 11.4 Å². The van der Waals surface area contributed by atoms with Gasteiger partial charge in [-0.3, -0.25) is 10.1 Å². The number of rotatable bonds is 4. The van der Waals surface area contributed by atoms with Crippen molar-refractivity contribution in [3.63, 3.8) is 0 Å². The Kier molecular flexibility index (Phi) is 6.79. The minimum Gasteiger partial charge on any atom is -0.354 e. The minimum atomic E-state index is -1.08. The molecule has 0 radical (unpaired) electrons. The number of hydrogen-bond donors (Lipinski definition) is 4. The number of halogens is 3. The fourth-order valence-electron chi connectivity index (χ4n) is 2.89. The zero-order chi connectivity index (χ0) is 21.0. The number of aliphatic imine (C=N–C) groups is 1. The second-order valence-electron chi connectivity index (χ2n) is 7.00. The van der Waals surface area contributed by atoms with E-state index >= 15 is 0 Å². The average molecular weight is 422 g/mol. The van der Waals surface area contributed by atoms with Crippen LogP contribution in [0.3, 0.4) is 0 Å². The highest BCUT2D eigenvalue weighted by Gasteiger charge is 2.25. The summed E-state index contributed by atoms with van der Waals surface area (Å²) < 4.78 is 26.5. The van der Waals surface area contributed by atoms with Gasteiger partial charge >= 0.3 is 0 Å². The van der Waals surface area contributed by atoms with E-state index in [2.05, 4.69) is 26.5 Å². The van der Waals surface area contributed by atoms with Crippen LogP contribution >= 0.6 is 11.6 Å². The standard InChI is InChI=1S/C20H22ClF2N5O/c1-11(2)24-20(26-19(29)13-5-8-15(22)16(23)9-13)25-18-10-17(27-28-18)12-3-6-14(21)7-4-12/h3-9,11,17-18,27-28H,10H2,1-2H3,(H2,24,25,26,29). The topological polar surface area (TPSA) is 77.6 Å². The first-order chi connectivity index (χ1) is 13.8. The summed E-state index contributed by atoms with van der Waals surface area (Å²) in [6.07, 6.45) is 0.341. The molecule has 3 rings (SSSR count). The number of carbonyl (C=O) groups is 1. The molecule has 1 amide bonds. The van der Waals surface area contributed by atoms with Crippen LogP contribution in [0.15, 0.2) is 47.5 Å². The normalized spacial score (nSPS) is 19.4. The van der Waals surface area contributed by atoms with E-state index in [4.69, 9.17) is 11.6 Å². The monoisotopic (exact) mass is 421 g/mol. The molecule has 2 aromatic carbocycles. The SMILES string of the molecule is CC(C)NC(=NC1CC(c2ccc(Cl)cc2)NN1)NC(=O)c1ccc(F)c(F)c1. The molecule has 2 atom stereocenters. The van der Waals surface area contributed by atoms with Crippen LogP contribution in [0.4, 0.5) is 8.78 Å². The van der Waals surface area contributed by atoms with Crippen molar-refractivity contribution in [2.24, 2.45) is 4.99 Å². The van der Waals surface area contributed by atoms with Crippen molar-refractivity contribution in [2.75, 3.05) is 0 Å². The van der Waals surface area contributed by atoms with Gasteiger partial charge in [-0.25, -0.2) is 24.6 Å². The summed E-state index contributed by atoms with van der Waals surface area (Å²) in [5.41, 5.74) is 7.31. The quantitative estimate of drug-likeness (QED) is 0.451. The van der Waals surface area contributed by atoms with Gasteiger partial charge in [0.2, 0.25) is 0 Å². The zero-order valence-corrected chi connectivity index (χ0v) is 16.7. The molecule has 2 unspecified atom stereocenters. The molecule has 0 aliphatic carbocycles. The molecular formula is C20H22ClF2N5O. The van der Waals surface area contributed by atoms with Gasteiger partial charge in [0, 0.05) is 29.1 Å². The first-order valence-electron chi connectivity index (χ1n) is 9.19. The van der Waals surface area contributed by atoms with Gasteiger partial charge in [-0.2, -0.15) is 0 Å². The van der Waals surface area contributed by atoms with Gasteiger partial charge in [-0.15, -0.1) is 0 Å². The smallest absolute Gasteiger partial charge is 0.258 e.